The molecule has 1 aromatic carbocycles. The van der Waals surface area contributed by atoms with Gasteiger partial charge in [-0.2, -0.15) is 4.31 Å². The molecule has 1 aromatic rings. The number of benzene rings is 1. The van der Waals surface area contributed by atoms with Gasteiger partial charge in [0.15, 0.2) is 0 Å². The smallest absolute Gasteiger partial charge is 0.243 e. The molecule has 0 amide bonds. The van der Waals surface area contributed by atoms with Crippen LogP contribution in [0.15, 0.2) is 29.2 Å². The molecule has 1 aliphatic rings. The monoisotopic (exact) mass is 299 g/mol. The third kappa shape index (κ3) is 3.20. The first-order valence-electron chi connectivity index (χ1n) is 6.84. The molecule has 2 rings (SSSR count). The van der Waals surface area contributed by atoms with Crippen LogP contribution in [0.25, 0.3) is 0 Å². The van der Waals surface area contributed by atoms with E-state index in [9.17, 15) is 18.6 Å². The Morgan fingerprint density at radius 2 is 2.00 bits per heavy atom. The zero-order chi connectivity index (χ0) is 14.8. The van der Waals surface area contributed by atoms with Crippen molar-refractivity contribution in [1.82, 2.24) is 4.31 Å². The van der Waals surface area contributed by atoms with E-state index in [4.69, 9.17) is 0 Å². The third-order valence-corrected chi connectivity index (χ3v) is 5.62. The van der Waals surface area contributed by atoms with Gasteiger partial charge in [0.05, 0.1) is 11.0 Å². The first-order chi connectivity index (χ1) is 9.45. The Kier molecular flexibility index (Phi) is 4.80. The van der Waals surface area contributed by atoms with Crippen LogP contribution in [-0.2, 0) is 10.0 Å². The van der Waals surface area contributed by atoms with E-state index in [0.717, 1.165) is 12.8 Å². The highest BCUT2D eigenvalue weighted by Gasteiger charge is 2.29. The van der Waals surface area contributed by atoms with Gasteiger partial charge in [-0.1, -0.05) is 12.1 Å². The maximum Gasteiger partial charge on any atom is 0.243 e. The summed E-state index contributed by atoms with van der Waals surface area (Å²) in [5.74, 6) is 0.0234. The van der Waals surface area contributed by atoms with Crippen LogP contribution in [-0.4, -0.2) is 42.6 Å². The summed E-state index contributed by atoms with van der Waals surface area (Å²) in [6, 6.07) is 6.32. The standard InChI is InChI=1S/C14H21NO4S/c1-11(17)13-4-6-14(7-5-13)20(18,19)15-8-2-3-12(9-15)10-16/h4-7,11-12,16-17H,2-3,8-10H2,1H3. The average Bonchev–Trinajstić information content (AvgIpc) is 2.47. The van der Waals surface area contributed by atoms with Crippen LogP contribution in [0.3, 0.4) is 0 Å². The zero-order valence-electron chi connectivity index (χ0n) is 11.6. The largest absolute Gasteiger partial charge is 0.396 e. The molecule has 0 radical (unpaired) electrons. The van der Waals surface area contributed by atoms with Crippen molar-refractivity contribution in [3.63, 3.8) is 0 Å². The van der Waals surface area contributed by atoms with E-state index >= 15 is 0 Å². The van der Waals surface area contributed by atoms with E-state index < -0.39 is 16.1 Å². The van der Waals surface area contributed by atoms with E-state index in [1.165, 1.54) is 16.4 Å². The summed E-state index contributed by atoms with van der Waals surface area (Å²) < 4.78 is 26.5. The van der Waals surface area contributed by atoms with Crippen LogP contribution < -0.4 is 0 Å². The number of aliphatic hydroxyl groups is 2. The Morgan fingerprint density at radius 1 is 1.35 bits per heavy atom. The highest BCUT2D eigenvalue weighted by molar-refractivity contribution is 7.89. The fourth-order valence-electron chi connectivity index (χ4n) is 2.46. The molecule has 112 valence electrons. The Hall–Kier alpha value is -0.950. The maximum absolute atomic E-state index is 12.5. The van der Waals surface area contributed by atoms with Crippen LogP contribution in [0, 0.1) is 5.92 Å². The number of nitrogens with zero attached hydrogens (tertiary/aromatic N) is 1. The lowest BCUT2D eigenvalue weighted by Crippen LogP contribution is -2.40. The van der Waals surface area contributed by atoms with Crippen LogP contribution in [0.1, 0.15) is 31.4 Å². The molecule has 1 aliphatic heterocycles. The van der Waals surface area contributed by atoms with Gasteiger partial charge in [-0.05, 0) is 43.4 Å². The van der Waals surface area contributed by atoms with Crippen LogP contribution in [0.5, 0.6) is 0 Å². The first kappa shape index (κ1) is 15.4. The van der Waals surface area contributed by atoms with Crippen LogP contribution >= 0.6 is 0 Å². The van der Waals surface area contributed by atoms with E-state index in [1.807, 2.05) is 0 Å². The molecule has 0 saturated carbocycles. The molecule has 0 spiro atoms. The number of hydrogen-bond acceptors (Lipinski definition) is 4. The van der Waals surface area contributed by atoms with Crippen molar-refractivity contribution >= 4 is 10.0 Å². The van der Waals surface area contributed by atoms with Crippen LogP contribution in [0.4, 0.5) is 0 Å². The number of rotatable bonds is 4. The summed E-state index contributed by atoms with van der Waals surface area (Å²) in [4.78, 5) is 0.237. The number of aliphatic hydroxyl groups excluding tert-OH is 2. The van der Waals surface area contributed by atoms with Crippen molar-refractivity contribution in [3.05, 3.63) is 29.8 Å². The van der Waals surface area contributed by atoms with Crippen molar-refractivity contribution < 1.29 is 18.6 Å². The fraction of sp³-hybridized carbons (Fsp3) is 0.571. The SMILES string of the molecule is CC(O)c1ccc(S(=O)(=O)N2CCCC(CO)C2)cc1. The van der Waals surface area contributed by atoms with Gasteiger partial charge < -0.3 is 10.2 Å². The zero-order valence-corrected chi connectivity index (χ0v) is 12.4. The second-order valence-corrected chi connectivity index (χ2v) is 7.24. The van der Waals surface area contributed by atoms with Crippen molar-refractivity contribution in [3.8, 4) is 0 Å². The summed E-state index contributed by atoms with van der Waals surface area (Å²) in [6.07, 6.45) is 1.03. The molecule has 0 bridgehead atoms. The van der Waals surface area contributed by atoms with E-state index in [2.05, 4.69) is 0 Å². The Labute approximate surface area is 119 Å². The number of piperidine rings is 1. The van der Waals surface area contributed by atoms with Gasteiger partial charge in [-0.3, -0.25) is 0 Å². The van der Waals surface area contributed by atoms with Crippen molar-refractivity contribution in [1.29, 1.82) is 0 Å². The lowest BCUT2D eigenvalue weighted by atomic mass is 10.0. The quantitative estimate of drug-likeness (QED) is 0.874. The van der Waals surface area contributed by atoms with Crippen molar-refractivity contribution in [2.24, 2.45) is 5.92 Å². The maximum atomic E-state index is 12.5. The molecule has 2 unspecified atom stereocenters. The highest BCUT2D eigenvalue weighted by Crippen LogP contribution is 2.24. The lowest BCUT2D eigenvalue weighted by molar-refractivity contribution is 0.165. The van der Waals surface area contributed by atoms with Gasteiger partial charge >= 0.3 is 0 Å². The predicted molar refractivity (Wildman–Crippen MR) is 75.6 cm³/mol. The van der Waals surface area contributed by atoms with Crippen LogP contribution in [0.2, 0.25) is 0 Å². The molecule has 2 atom stereocenters. The third-order valence-electron chi connectivity index (χ3n) is 3.74. The van der Waals surface area contributed by atoms with Gasteiger partial charge in [0.2, 0.25) is 10.0 Å². The molecular weight excluding hydrogens is 278 g/mol. The van der Waals surface area contributed by atoms with Gasteiger partial charge in [-0.15, -0.1) is 0 Å². The molecule has 0 aliphatic carbocycles. The van der Waals surface area contributed by atoms with Crippen molar-refractivity contribution in [2.45, 2.75) is 30.8 Å². The molecule has 1 fully saturated rings. The summed E-state index contributed by atoms with van der Waals surface area (Å²) >= 11 is 0. The molecular formula is C14H21NO4S. The summed E-state index contributed by atoms with van der Waals surface area (Å²) in [7, 11) is -3.51. The van der Waals surface area contributed by atoms with Crippen molar-refractivity contribution in [2.75, 3.05) is 19.7 Å². The van der Waals surface area contributed by atoms with Gasteiger partial charge in [0.1, 0.15) is 0 Å². The first-order valence-corrected chi connectivity index (χ1v) is 8.28. The summed E-state index contributed by atoms with van der Waals surface area (Å²) in [5, 5.41) is 18.6. The summed E-state index contributed by atoms with van der Waals surface area (Å²) in [5.41, 5.74) is 0.691. The molecule has 5 nitrogen and oxygen atoms in total. The normalized spacial score (nSPS) is 22.6. The van der Waals surface area contributed by atoms with E-state index in [0.29, 0.717) is 18.7 Å². The molecule has 6 heteroatoms. The Bertz CT molecular complexity index is 539. The minimum Gasteiger partial charge on any atom is -0.396 e. The van der Waals surface area contributed by atoms with E-state index in [-0.39, 0.29) is 17.4 Å². The molecule has 2 N–H and O–H groups in total. The van der Waals surface area contributed by atoms with E-state index in [1.54, 1.807) is 19.1 Å². The molecule has 1 heterocycles. The second kappa shape index (κ2) is 6.22. The minimum absolute atomic E-state index is 0.0208. The number of hydrogen-bond donors (Lipinski definition) is 2. The lowest BCUT2D eigenvalue weighted by Gasteiger charge is -2.31. The Morgan fingerprint density at radius 3 is 2.55 bits per heavy atom. The molecule has 0 aromatic heterocycles. The minimum atomic E-state index is -3.51. The number of sulfonamides is 1. The fourth-order valence-corrected chi connectivity index (χ4v) is 4.02. The highest BCUT2D eigenvalue weighted by atomic mass is 32.2. The predicted octanol–water partition coefficient (Wildman–Crippen LogP) is 1.13. The molecule has 20 heavy (non-hydrogen) atoms. The topological polar surface area (TPSA) is 77.8 Å². The summed E-state index contributed by atoms with van der Waals surface area (Å²) in [6.45, 7) is 2.53. The average molecular weight is 299 g/mol. The van der Waals surface area contributed by atoms with Gasteiger partial charge in [0, 0.05) is 19.7 Å². The Balaban J connectivity index is 2.21. The van der Waals surface area contributed by atoms with Gasteiger partial charge in [-0.25, -0.2) is 8.42 Å². The second-order valence-electron chi connectivity index (χ2n) is 5.30. The molecule has 1 saturated heterocycles. The van der Waals surface area contributed by atoms with Gasteiger partial charge in [0.25, 0.3) is 0 Å².